The first-order valence-corrected chi connectivity index (χ1v) is 4.66. The van der Waals surface area contributed by atoms with Crippen molar-refractivity contribution in [1.82, 2.24) is 9.78 Å². The minimum Gasteiger partial charge on any atom is -0.382 e. The fraction of sp³-hybridized carbons (Fsp3) is 0.0909. The summed E-state index contributed by atoms with van der Waals surface area (Å²) in [6.45, 7) is 0.262. The highest BCUT2D eigenvalue weighted by atomic mass is 19.1. The normalized spacial score (nSPS) is 10.0. The minimum atomic E-state index is -0.354. The lowest BCUT2D eigenvalue weighted by Crippen LogP contribution is -2.03. The molecule has 0 fully saturated rings. The lowest BCUT2D eigenvalue weighted by atomic mass is 10.1. The standard InChI is InChI=1S/C11H9FN4/c12-10-2-1-8(6-13)5-9(10)7-16-4-3-11(14)15-16/h1-5H,7H2,(H2,14,15). The smallest absolute Gasteiger partial charge is 0.145 e. The molecule has 80 valence electrons. The molecule has 0 unspecified atom stereocenters. The van der Waals surface area contributed by atoms with Gasteiger partial charge in [-0.2, -0.15) is 10.4 Å². The number of nitrogens with two attached hydrogens (primary N) is 1. The van der Waals surface area contributed by atoms with Gasteiger partial charge in [0.1, 0.15) is 11.6 Å². The van der Waals surface area contributed by atoms with Crippen molar-refractivity contribution >= 4 is 5.82 Å². The third-order valence-corrected chi connectivity index (χ3v) is 2.17. The summed E-state index contributed by atoms with van der Waals surface area (Å²) in [4.78, 5) is 0. The van der Waals surface area contributed by atoms with Crippen molar-refractivity contribution in [3.63, 3.8) is 0 Å². The van der Waals surface area contributed by atoms with E-state index in [1.165, 1.54) is 22.9 Å². The van der Waals surface area contributed by atoms with E-state index in [9.17, 15) is 4.39 Å². The third kappa shape index (κ3) is 2.01. The fourth-order valence-electron chi connectivity index (χ4n) is 1.41. The van der Waals surface area contributed by atoms with Gasteiger partial charge in [0, 0.05) is 11.8 Å². The summed E-state index contributed by atoms with van der Waals surface area (Å²) in [6.07, 6.45) is 1.66. The maximum Gasteiger partial charge on any atom is 0.145 e. The van der Waals surface area contributed by atoms with Gasteiger partial charge in [-0.1, -0.05) is 0 Å². The zero-order valence-corrected chi connectivity index (χ0v) is 8.39. The molecule has 0 aliphatic rings. The van der Waals surface area contributed by atoms with Crippen molar-refractivity contribution in [2.45, 2.75) is 6.54 Å². The molecule has 0 radical (unpaired) electrons. The molecular weight excluding hydrogens is 207 g/mol. The van der Waals surface area contributed by atoms with Crippen molar-refractivity contribution < 1.29 is 4.39 Å². The van der Waals surface area contributed by atoms with Gasteiger partial charge in [-0.15, -0.1) is 0 Å². The van der Waals surface area contributed by atoms with E-state index in [-0.39, 0.29) is 12.4 Å². The first-order chi connectivity index (χ1) is 7.69. The second-order valence-corrected chi connectivity index (χ2v) is 3.36. The predicted octanol–water partition coefficient (Wildman–Crippen LogP) is 1.52. The summed E-state index contributed by atoms with van der Waals surface area (Å²) in [5.41, 5.74) is 6.29. The van der Waals surface area contributed by atoms with E-state index in [4.69, 9.17) is 11.0 Å². The van der Waals surface area contributed by atoms with Gasteiger partial charge in [-0.25, -0.2) is 4.39 Å². The number of rotatable bonds is 2. The van der Waals surface area contributed by atoms with Crippen LogP contribution in [0.3, 0.4) is 0 Å². The largest absolute Gasteiger partial charge is 0.382 e. The number of aromatic nitrogens is 2. The maximum atomic E-state index is 13.4. The fourth-order valence-corrected chi connectivity index (χ4v) is 1.41. The minimum absolute atomic E-state index is 0.262. The van der Waals surface area contributed by atoms with Crippen LogP contribution < -0.4 is 5.73 Å². The number of benzene rings is 1. The zero-order valence-electron chi connectivity index (χ0n) is 8.39. The third-order valence-electron chi connectivity index (χ3n) is 2.17. The highest BCUT2D eigenvalue weighted by molar-refractivity contribution is 5.34. The zero-order chi connectivity index (χ0) is 11.5. The summed E-state index contributed by atoms with van der Waals surface area (Å²) in [7, 11) is 0. The molecule has 1 aromatic carbocycles. The van der Waals surface area contributed by atoms with E-state index in [1.54, 1.807) is 12.3 Å². The van der Waals surface area contributed by atoms with E-state index in [1.807, 2.05) is 6.07 Å². The average Bonchev–Trinajstić information content (AvgIpc) is 2.67. The van der Waals surface area contributed by atoms with Gasteiger partial charge in [0.05, 0.1) is 18.2 Å². The Morgan fingerprint density at radius 3 is 2.88 bits per heavy atom. The Balaban J connectivity index is 2.30. The van der Waals surface area contributed by atoms with E-state index in [0.717, 1.165) is 0 Å². The summed E-state index contributed by atoms with van der Waals surface area (Å²) < 4.78 is 14.9. The van der Waals surface area contributed by atoms with Crippen LogP contribution in [0.1, 0.15) is 11.1 Å². The molecule has 0 atom stereocenters. The van der Waals surface area contributed by atoms with Gasteiger partial charge in [-0.3, -0.25) is 4.68 Å². The predicted molar refractivity (Wildman–Crippen MR) is 56.9 cm³/mol. The molecule has 16 heavy (non-hydrogen) atoms. The SMILES string of the molecule is N#Cc1ccc(F)c(Cn2ccc(N)n2)c1. The molecule has 5 heteroatoms. The molecule has 0 saturated heterocycles. The Morgan fingerprint density at radius 1 is 1.44 bits per heavy atom. The quantitative estimate of drug-likeness (QED) is 0.827. The monoisotopic (exact) mass is 216 g/mol. The van der Waals surface area contributed by atoms with Crippen LogP contribution in [0.15, 0.2) is 30.5 Å². The van der Waals surface area contributed by atoms with Gasteiger partial charge < -0.3 is 5.73 Å². The van der Waals surface area contributed by atoms with E-state index in [2.05, 4.69) is 5.10 Å². The molecular formula is C11H9FN4. The van der Waals surface area contributed by atoms with Gasteiger partial charge in [0.25, 0.3) is 0 Å². The molecule has 1 heterocycles. The van der Waals surface area contributed by atoms with Crippen LogP contribution in [0, 0.1) is 17.1 Å². The molecule has 0 bridgehead atoms. The Kier molecular flexibility index (Phi) is 2.56. The molecule has 1 aromatic heterocycles. The molecule has 0 amide bonds. The highest BCUT2D eigenvalue weighted by Gasteiger charge is 2.05. The number of nitrogen functional groups attached to an aromatic ring is 1. The lowest BCUT2D eigenvalue weighted by molar-refractivity contribution is 0.585. The number of nitrogens with zero attached hydrogens (tertiary/aromatic N) is 3. The van der Waals surface area contributed by atoms with Crippen molar-refractivity contribution in [3.8, 4) is 6.07 Å². The number of nitriles is 1. The second-order valence-electron chi connectivity index (χ2n) is 3.36. The van der Waals surface area contributed by atoms with Crippen molar-refractivity contribution in [1.29, 1.82) is 5.26 Å². The van der Waals surface area contributed by atoms with Gasteiger partial charge in [0.2, 0.25) is 0 Å². The molecule has 2 N–H and O–H groups in total. The van der Waals surface area contributed by atoms with Crippen molar-refractivity contribution in [2.75, 3.05) is 5.73 Å². The maximum absolute atomic E-state index is 13.4. The molecule has 2 rings (SSSR count). The van der Waals surface area contributed by atoms with E-state index < -0.39 is 0 Å². The number of halogens is 1. The van der Waals surface area contributed by atoms with Crippen LogP contribution >= 0.6 is 0 Å². The van der Waals surface area contributed by atoms with Crippen molar-refractivity contribution in [2.24, 2.45) is 0 Å². The van der Waals surface area contributed by atoms with E-state index in [0.29, 0.717) is 16.9 Å². The van der Waals surface area contributed by atoms with Gasteiger partial charge >= 0.3 is 0 Å². The molecule has 0 saturated carbocycles. The second kappa shape index (κ2) is 4.03. The van der Waals surface area contributed by atoms with Crippen LogP contribution in [0.5, 0.6) is 0 Å². The van der Waals surface area contributed by atoms with Crippen LogP contribution in [-0.2, 0) is 6.54 Å². The first kappa shape index (κ1) is 10.2. The molecule has 0 spiro atoms. The average molecular weight is 216 g/mol. The number of hydrogen-bond acceptors (Lipinski definition) is 3. The summed E-state index contributed by atoms with van der Waals surface area (Å²) in [5, 5.41) is 12.7. The summed E-state index contributed by atoms with van der Waals surface area (Å²) >= 11 is 0. The van der Waals surface area contributed by atoms with Crippen LogP contribution in [0.2, 0.25) is 0 Å². The Labute approximate surface area is 91.7 Å². The molecule has 0 aliphatic heterocycles. The molecule has 2 aromatic rings. The summed E-state index contributed by atoms with van der Waals surface area (Å²) in [6, 6.07) is 7.82. The Bertz CT molecular complexity index is 553. The summed E-state index contributed by atoms with van der Waals surface area (Å²) in [5.74, 6) is 0.0323. The molecule has 0 aliphatic carbocycles. The van der Waals surface area contributed by atoms with Crippen molar-refractivity contribution in [3.05, 3.63) is 47.4 Å². The van der Waals surface area contributed by atoms with Crippen LogP contribution in [0.25, 0.3) is 0 Å². The Hall–Kier alpha value is -2.35. The highest BCUT2D eigenvalue weighted by Crippen LogP contribution is 2.12. The van der Waals surface area contributed by atoms with Crippen LogP contribution in [-0.4, -0.2) is 9.78 Å². The van der Waals surface area contributed by atoms with Crippen LogP contribution in [0.4, 0.5) is 10.2 Å². The van der Waals surface area contributed by atoms with E-state index >= 15 is 0 Å². The first-order valence-electron chi connectivity index (χ1n) is 4.66. The van der Waals surface area contributed by atoms with Gasteiger partial charge in [-0.05, 0) is 24.3 Å². The lowest BCUT2D eigenvalue weighted by Gasteiger charge is -2.03. The number of anilines is 1. The Morgan fingerprint density at radius 2 is 2.25 bits per heavy atom. The molecule has 4 nitrogen and oxygen atoms in total. The van der Waals surface area contributed by atoms with Gasteiger partial charge in [0.15, 0.2) is 0 Å². The number of hydrogen-bond donors (Lipinski definition) is 1. The topological polar surface area (TPSA) is 67.6 Å².